The van der Waals surface area contributed by atoms with Crippen LogP contribution >= 0.6 is 0 Å². The first-order chi connectivity index (χ1) is 9.04. The lowest BCUT2D eigenvalue weighted by atomic mass is 10.3. The predicted molar refractivity (Wildman–Crippen MR) is 73.0 cm³/mol. The van der Waals surface area contributed by atoms with E-state index < -0.39 is 0 Å². The number of hydrogen-bond acceptors (Lipinski definition) is 4. The molecule has 19 heavy (non-hydrogen) atoms. The van der Waals surface area contributed by atoms with E-state index in [4.69, 9.17) is 4.42 Å². The summed E-state index contributed by atoms with van der Waals surface area (Å²) in [5, 5.41) is 3.28. The lowest BCUT2D eigenvalue weighted by Crippen LogP contribution is -2.21. The van der Waals surface area contributed by atoms with E-state index in [1.54, 1.807) is 13.3 Å². The predicted octanol–water partition coefficient (Wildman–Crippen LogP) is 1.69. The lowest BCUT2D eigenvalue weighted by Gasteiger charge is -2.05. The van der Waals surface area contributed by atoms with Crippen molar-refractivity contribution in [3.8, 4) is 0 Å². The van der Waals surface area contributed by atoms with Gasteiger partial charge in [0.15, 0.2) is 0 Å². The molecule has 2 aromatic heterocycles. The van der Waals surface area contributed by atoms with Crippen LogP contribution in [0.3, 0.4) is 0 Å². The van der Waals surface area contributed by atoms with Gasteiger partial charge in [0.05, 0.1) is 19.4 Å². The highest BCUT2D eigenvalue weighted by Gasteiger charge is 2.05. The van der Waals surface area contributed by atoms with Crippen LogP contribution in [0.25, 0.3) is 0 Å². The van der Waals surface area contributed by atoms with Crippen LogP contribution in [0.4, 0.5) is 0 Å². The zero-order chi connectivity index (χ0) is 13.8. The number of furan rings is 1. The van der Waals surface area contributed by atoms with Crippen molar-refractivity contribution < 1.29 is 4.42 Å². The SMILES string of the molecule is Cc1cc(=O)n(Cc2ccc(CNC(C)C)o2)cn1. The highest BCUT2D eigenvalue weighted by molar-refractivity contribution is 5.08. The Balaban J connectivity index is 2.05. The lowest BCUT2D eigenvalue weighted by molar-refractivity contribution is 0.425. The summed E-state index contributed by atoms with van der Waals surface area (Å²) in [6.45, 7) is 7.07. The summed E-state index contributed by atoms with van der Waals surface area (Å²) in [5.74, 6) is 1.63. The van der Waals surface area contributed by atoms with Crippen molar-refractivity contribution in [2.75, 3.05) is 0 Å². The topological polar surface area (TPSA) is 60.1 Å². The van der Waals surface area contributed by atoms with Crippen LogP contribution in [0.15, 0.2) is 33.7 Å². The first-order valence-electron chi connectivity index (χ1n) is 6.38. The minimum absolute atomic E-state index is 0.0641. The van der Waals surface area contributed by atoms with Crippen molar-refractivity contribution in [3.05, 3.63) is 52.1 Å². The minimum atomic E-state index is -0.0641. The molecule has 0 radical (unpaired) electrons. The second-order valence-electron chi connectivity index (χ2n) is 4.90. The molecule has 0 aliphatic carbocycles. The van der Waals surface area contributed by atoms with Gasteiger partial charge in [-0.05, 0) is 19.1 Å². The summed E-state index contributed by atoms with van der Waals surface area (Å²) < 4.78 is 7.21. The van der Waals surface area contributed by atoms with Gasteiger partial charge in [-0.25, -0.2) is 4.98 Å². The van der Waals surface area contributed by atoms with Crippen molar-refractivity contribution in [3.63, 3.8) is 0 Å². The van der Waals surface area contributed by atoms with Gasteiger partial charge in [0.25, 0.3) is 5.56 Å². The average molecular weight is 261 g/mol. The average Bonchev–Trinajstić information content (AvgIpc) is 2.78. The monoisotopic (exact) mass is 261 g/mol. The maximum Gasteiger partial charge on any atom is 0.253 e. The van der Waals surface area contributed by atoms with Crippen molar-refractivity contribution >= 4 is 0 Å². The molecule has 0 saturated carbocycles. The van der Waals surface area contributed by atoms with Gasteiger partial charge in [0, 0.05) is 17.8 Å². The highest BCUT2D eigenvalue weighted by Crippen LogP contribution is 2.08. The standard InChI is InChI=1S/C14H19N3O2/c1-10(2)15-7-12-4-5-13(19-12)8-17-9-16-11(3)6-14(17)18/h4-6,9-10,15H,7-8H2,1-3H3. The zero-order valence-corrected chi connectivity index (χ0v) is 11.5. The molecule has 5 nitrogen and oxygen atoms in total. The van der Waals surface area contributed by atoms with E-state index in [-0.39, 0.29) is 5.56 Å². The minimum Gasteiger partial charge on any atom is -0.463 e. The first kappa shape index (κ1) is 13.5. The van der Waals surface area contributed by atoms with Gasteiger partial charge in [-0.15, -0.1) is 0 Å². The maximum absolute atomic E-state index is 11.7. The second kappa shape index (κ2) is 5.84. The summed E-state index contributed by atoms with van der Waals surface area (Å²) in [6.07, 6.45) is 1.55. The van der Waals surface area contributed by atoms with Gasteiger partial charge in [-0.1, -0.05) is 13.8 Å². The Kier molecular flexibility index (Phi) is 4.16. The molecule has 2 heterocycles. The summed E-state index contributed by atoms with van der Waals surface area (Å²) in [4.78, 5) is 15.8. The van der Waals surface area contributed by atoms with Gasteiger partial charge in [-0.3, -0.25) is 9.36 Å². The van der Waals surface area contributed by atoms with Crippen molar-refractivity contribution in [1.29, 1.82) is 0 Å². The van der Waals surface area contributed by atoms with E-state index in [9.17, 15) is 4.79 Å². The quantitative estimate of drug-likeness (QED) is 0.889. The Morgan fingerprint density at radius 1 is 1.37 bits per heavy atom. The molecule has 0 bridgehead atoms. The molecule has 0 fully saturated rings. The largest absolute Gasteiger partial charge is 0.463 e. The number of hydrogen-bond donors (Lipinski definition) is 1. The molecule has 0 aliphatic heterocycles. The van der Waals surface area contributed by atoms with Gasteiger partial charge in [0.1, 0.15) is 11.5 Å². The summed E-state index contributed by atoms with van der Waals surface area (Å²) in [7, 11) is 0. The fourth-order valence-electron chi connectivity index (χ4n) is 1.71. The van der Waals surface area contributed by atoms with E-state index in [1.165, 1.54) is 10.6 Å². The van der Waals surface area contributed by atoms with E-state index in [0.717, 1.165) is 17.2 Å². The van der Waals surface area contributed by atoms with Crippen molar-refractivity contribution in [1.82, 2.24) is 14.9 Å². The molecule has 0 saturated heterocycles. The van der Waals surface area contributed by atoms with Crippen LogP contribution in [0.2, 0.25) is 0 Å². The van der Waals surface area contributed by atoms with Crippen LogP contribution in [0.1, 0.15) is 31.1 Å². The molecule has 2 rings (SSSR count). The Hall–Kier alpha value is -1.88. The van der Waals surface area contributed by atoms with E-state index in [2.05, 4.69) is 24.1 Å². The molecule has 0 amide bonds. The molecule has 0 aliphatic rings. The third-order valence-corrected chi connectivity index (χ3v) is 2.74. The molecule has 0 atom stereocenters. The highest BCUT2D eigenvalue weighted by atomic mass is 16.3. The normalized spacial score (nSPS) is 11.2. The summed E-state index contributed by atoms with van der Waals surface area (Å²) >= 11 is 0. The molecule has 0 unspecified atom stereocenters. The Morgan fingerprint density at radius 3 is 2.79 bits per heavy atom. The van der Waals surface area contributed by atoms with Gasteiger partial charge < -0.3 is 9.73 Å². The summed E-state index contributed by atoms with van der Waals surface area (Å²) in [5.41, 5.74) is 0.660. The zero-order valence-electron chi connectivity index (χ0n) is 11.5. The molecule has 102 valence electrons. The molecular weight excluding hydrogens is 242 g/mol. The smallest absolute Gasteiger partial charge is 0.253 e. The van der Waals surface area contributed by atoms with Gasteiger partial charge >= 0.3 is 0 Å². The van der Waals surface area contributed by atoms with Crippen molar-refractivity contribution in [2.24, 2.45) is 0 Å². The second-order valence-corrected chi connectivity index (χ2v) is 4.90. The molecule has 0 aromatic carbocycles. The van der Waals surface area contributed by atoms with Crippen LogP contribution in [0, 0.1) is 6.92 Å². The third kappa shape index (κ3) is 3.79. The molecule has 1 N–H and O–H groups in total. The molecule has 2 aromatic rings. The number of nitrogens with one attached hydrogen (secondary N) is 1. The fraction of sp³-hybridized carbons (Fsp3) is 0.429. The van der Waals surface area contributed by atoms with Crippen LogP contribution in [0.5, 0.6) is 0 Å². The van der Waals surface area contributed by atoms with E-state index in [1.807, 2.05) is 12.1 Å². The Labute approximate surface area is 112 Å². The van der Waals surface area contributed by atoms with E-state index in [0.29, 0.717) is 19.1 Å². The fourth-order valence-corrected chi connectivity index (χ4v) is 1.71. The molecular formula is C14H19N3O2. The molecule has 5 heteroatoms. The van der Waals surface area contributed by atoms with Gasteiger partial charge in [-0.2, -0.15) is 0 Å². The van der Waals surface area contributed by atoms with Crippen LogP contribution in [-0.2, 0) is 13.1 Å². The van der Waals surface area contributed by atoms with Crippen molar-refractivity contribution in [2.45, 2.75) is 39.9 Å². The third-order valence-electron chi connectivity index (χ3n) is 2.74. The number of aryl methyl sites for hydroxylation is 1. The summed E-state index contributed by atoms with van der Waals surface area (Å²) in [6, 6.07) is 5.75. The molecule has 0 spiro atoms. The van der Waals surface area contributed by atoms with Crippen LogP contribution in [-0.4, -0.2) is 15.6 Å². The Morgan fingerprint density at radius 2 is 2.11 bits per heavy atom. The van der Waals surface area contributed by atoms with Crippen LogP contribution < -0.4 is 10.9 Å². The maximum atomic E-state index is 11.7. The number of rotatable bonds is 5. The van der Waals surface area contributed by atoms with E-state index >= 15 is 0 Å². The first-order valence-corrected chi connectivity index (χ1v) is 6.38. The number of aromatic nitrogens is 2. The number of nitrogens with zero attached hydrogens (tertiary/aromatic N) is 2. The van der Waals surface area contributed by atoms with Gasteiger partial charge in [0.2, 0.25) is 0 Å². The Bertz CT molecular complexity index is 599.